The van der Waals surface area contributed by atoms with E-state index in [-0.39, 0.29) is 29.7 Å². The van der Waals surface area contributed by atoms with Crippen LogP contribution in [0.3, 0.4) is 0 Å². The summed E-state index contributed by atoms with van der Waals surface area (Å²) in [6.07, 6.45) is 0. The minimum absolute atomic E-state index is 0.205. The van der Waals surface area contributed by atoms with Crippen LogP contribution in [0.15, 0.2) is 158 Å². The van der Waals surface area contributed by atoms with Crippen LogP contribution in [0.25, 0.3) is 87.2 Å². The second-order valence-electron chi connectivity index (χ2n) is 11.7. The molecule has 45 heavy (non-hydrogen) atoms. The fraction of sp³-hybridized carbons (Fsp3) is 0. The molecule has 1 aliphatic rings. The Morgan fingerprint density at radius 3 is 2.00 bits per heavy atom. The largest absolute Gasteiger partial charge is 0.456 e. The van der Waals surface area contributed by atoms with Gasteiger partial charge in [-0.15, -0.1) is 0 Å². The molecule has 208 valence electrons. The maximum absolute atomic E-state index is 8.90. The highest BCUT2D eigenvalue weighted by atomic mass is 16.5. The molecular formula is C44H26O. The Bertz CT molecular complexity index is 2940. The smallest absolute Gasteiger partial charge is 0.136 e. The monoisotopic (exact) mass is 575 g/mol. The summed E-state index contributed by atoms with van der Waals surface area (Å²) in [5.74, 6) is 1.69. The van der Waals surface area contributed by atoms with Gasteiger partial charge in [0, 0.05) is 10.9 Å². The van der Waals surface area contributed by atoms with Crippen LogP contribution in [0.5, 0.6) is 11.5 Å². The maximum Gasteiger partial charge on any atom is 0.136 e. The molecule has 0 aliphatic carbocycles. The first-order valence-corrected chi connectivity index (χ1v) is 15.1. The Balaban J connectivity index is 1.19. The molecular weight excluding hydrogens is 544 g/mol. The van der Waals surface area contributed by atoms with Crippen molar-refractivity contribution in [1.82, 2.24) is 0 Å². The fourth-order valence-corrected chi connectivity index (χ4v) is 7.27. The molecule has 0 bridgehead atoms. The molecule has 9 aromatic rings. The number of hydrogen-bond donors (Lipinski definition) is 0. The number of rotatable bonds is 2. The van der Waals surface area contributed by atoms with E-state index in [0.29, 0.717) is 5.56 Å². The first-order valence-electron chi connectivity index (χ1n) is 17.6. The van der Waals surface area contributed by atoms with Crippen molar-refractivity contribution in [3.63, 3.8) is 0 Å². The molecule has 0 amide bonds. The van der Waals surface area contributed by atoms with E-state index in [2.05, 4.69) is 103 Å². The Morgan fingerprint density at radius 1 is 0.400 bits per heavy atom. The van der Waals surface area contributed by atoms with E-state index < -0.39 is 6.04 Å². The average molecular weight is 576 g/mol. The third-order valence-corrected chi connectivity index (χ3v) is 9.26. The molecule has 0 atom stereocenters. The highest BCUT2D eigenvalue weighted by Crippen LogP contribution is 2.49. The molecule has 1 heteroatoms. The van der Waals surface area contributed by atoms with Crippen molar-refractivity contribution < 1.29 is 11.6 Å². The second-order valence-corrected chi connectivity index (χ2v) is 11.7. The summed E-state index contributed by atoms with van der Waals surface area (Å²) in [4.78, 5) is 0. The summed E-state index contributed by atoms with van der Waals surface area (Å²) in [6.45, 7) is 0. The Hall–Kier alpha value is -5.92. The minimum Gasteiger partial charge on any atom is -0.456 e. The van der Waals surface area contributed by atoms with E-state index in [0.717, 1.165) is 76.8 Å². The second kappa shape index (κ2) is 9.29. The van der Waals surface area contributed by atoms with Gasteiger partial charge in [-0.3, -0.25) is 0 Å². The molecule has 0 fully saturated rings. The van der Waals surface area contributed by atoms with Crippen LogP contribution in [0.2, 0.25) is 0 Å². The van der Waals surface area contributed by atoms with E-state index in [1.54, 1.807) is 0 Å². The van der Waals surface area contributed by atoms with Gasteiger partial charge >= 0.3 is 0 Å². The van der Waals surface area contributed by atoms with Crippen molar-refractivity contribution in [3.05, 3.63) is 158 Å². The Morgan fingerprint density at radius 2 is 1.11 bits per heavy atom. The summed E-state index contributed by atoms with van der Waals surface area (Å²) < 4.78 is 49.4. The Kier molecular flexibility index (Phi) is 4.15. The van der Waals surface area contributed by atoms with Crippen LogP contribution in [-0.2, 0) is 0 Å². The third-order valence-electron chi connectivity index (χ3n) is 9.26. The standard InChI is InChI=1S/C44H26O/c1-2-9-27(10-3-1)42-35-14-7-5-11-30(35)24-33-18-17-32-23-28(19-21-36(32)43(33)42)29-20-22-40-39(25-29)38-16-8-15-37-34-13-6-4-12-31(34)26-41(45-40)44(37)38/h1-26H/i1D,2D,3D,9D,10D. The quantitative estimate of drug-likeness (QED) is 0.147. The van der Waals surface area contributed by atoms with Gasteiger partial charge in [0.2, 0.25) is 0 Å². The molecule has 0 saturated carbocycles. The van der Waals surface area contributed by atoms with E-state index >= 15 is 0 Å². The van der Waals surface area contributed by atoms with Gasteiger partial charge in [-0.25, -0.2) is 0 Å². The zero-order chi connectivity index (χ0) is 33.8. The predicted molar refractivity (Wildman–Crippen MR) is 190 cm³/mol. The lowest BCUT2D eigenvalue weighted by atomic mass is 9.88. The van der Waals surface area contributed by atoms with Crippen molar-refractivity contribution in [2.75, 3.05) is 0 Å². The van der Waals surface area contributed by atoms with Crippen molar-refractivity contribution in [2.24, 2.45) is 0 Å². The zero-order valence-corrected chi connectivity index (χ0v) is 24.0. The predicted octanol–water partition coefficient (Wildman–Crippen LogP) is 12.6. The summed E-state index contributed by atoms with van der Waals surface area (Å²) >= 11 is 0. The summed E-state index contributed by atoms with van der Waals surface area (Å²) in [6, 6.07) is 42.4. The van der Waals surface area contributed by atoms with Crippen LogP contribution < -0.4 is 4.74 Å². The van der Waals surface area contributed by atoms with E-state index in [9.17, 15) is 0 Å². The lowest BCUT2D eigenvalue weighted by molar-refractivity contribution is 0.488. The summed E-state index contributed by atoms with van der Waals surface area (Å²) in [7, 11) is 0. The van der Waals surface area contributed by atoms with Crippen molar-refractivity contribution in [1.29, 1.82) is 0 Å². The van der Waals surface area contributed by atoms with E-state index in [1.165, 1.54) is 10.8 Å². The van der Waals surface area contributed by atoms with E-state index in [1.807, 2.05) is 24.3 Å². The molecule has 0 N–H and O–H groups in total. The van der Waals surface area contributed by atoms with Crippen LogP contribution in [0.4, 0.5) is 0 Å². The van der Waals surface area contributed by atoms with Crippen LogP contribution in [-0.4, -0.2) is 0 Å². The molecule has 9 aromatic carbocycles. The number of benzene rings is 9. The van der Waals surface area contributed by atoms with Gasteiger partial charge in [-0.05, 0) is 107 Å². The SMILES string of the molecule is [2H]c1c([2H])c([2H])c(-c2c3ccccc3cc3ccc4cc(-c5ccc6c(c5)-c5cccc7c5c(cc5ccccc57)O6)ccc4c23)c([2H])c1[2H]. The number of hydrogen-bond acceptors (Lipinski definition) is 1. The van der Waals surface area contributed by atoms with Gasteiger partial charge in [-0.1, -0.05) is 127 Å². The van der Waals surface area contributed by atoms with E-state index in [4.69, 9.17) is 11.6 Å². The molecule has 1 nitrogen and oxygen atoms in total. The molecule has 0 saturated heterocycles. The molecule has 0 unspecified atom stereocenters. The molecule has 0 spiro atoms. The zero-order valence-electron chi connectivity index (χ0n) is 29.0. The molecule has 1 heterocycles. The molecule has 0 radical (unpaired) electrons. The molecule has 0 aromatic heterocycles. The van der Waals surface area contributed by atoms with Crippen molar-refractivity contribution in [3.8, 4) is 44.9 Å². The van der Waals surface area contributed by atoms with Gasteiger partial charge in [0.05, 0.1) is 6.85 Å². The Labute approximate surface area is 267 Å². The fourth-order valence-electron chi connectivity index (χ4n) is 7.27. The van der Waals surface area contributed by atoms with Gasteiger partial charge in [0.1, 0.15) is 11.5 Å². The van der Waals surface area contributed by atoms with Gasteiger partial charge < -0.3 is 4.74 Å². The van der Waals surface area contributed by atoms with Crippen molar-refractivity contribution in [2.45, 2.75) is 0 Å². The lowest BCUT2D eigenvalue weighted by Crippen LogP contribution is -1.98. The van der Waals surface area contributed by atoms with Crippen LogP contribution >= 0.6 is 0 Å². The van der Waals surface area contributed by atoms with Crippen molar-refractivity contribution >= 4 is 53.9 Å². The highest BCUT2D eigenvalue weighted by molar-refractivity contribution is 6.22. The first kappa shape index (κ1) is 20.1. The van der Waals surface area contributed by atoms with Crippen LogP contribution in [0, 0.1) is 0 Å². The average Bonchev–Trinajstić information content (AvgIpc) is 3.15. The normalized spacial score (nSPS) is 13.7. The third kappa shape index (κ3) is 3.62. The molecule has 1 aliphatic heterocycles. The lowest BCUT2D eigenvalue weighted by Gasteiger charge is -2.23. The van der Waals surface area contributed by atoms with Crippen LogP contribution in [0.1, 0.15) is 6.85 Å². The topological polar surface area (TPSA) is 9.23 Å². The maximum atomic E-state index is 8.90. The van der Waals surface area contributed by atoms with Gasteiger partial charge in [0.15, 0.2) is 0 Å². The minimum atomic E-state index is -0.397. The molecule has 10 rings (SSSR count). The van der Waals surface area contributed by atoms with Gasteiger partial charge in [-0.2, -0.15) is 0 Å². The summed E-state index contributed by atoms with van der Waals surface area (Å²) in [5.41, 5.74) is 5.16. The number of fused-ring (bicyclic) bond motifs is 8. The number of ether oxygens (including phenoxy) is 1. The van der Waals surface area contributed by atoms with Gasteiger partial charge in [0.25, 0.3) is 0 Å². The highest BCUT2D eigenvalue weighted by Gasteiger charge is 2.22. The summed E-state index contributed by atoms with van der Waals surface area (Å²) in [5, 5.41) is 10.2. The first-order chi connectivity index (χ1) is 24.4.